The summed E-state index contributed by atoms with van der Waals surface area (Å²) in [6, 6.07) is 12.9. The first-order valence-corrected chi connectivity index (χ1v) is 9.79. The lowest BCUT2D eigenvalue weighted by Gasteiger charge is -2.14. The molecule has 0 amide bonds. The van der Waals surface area contributed by atoms with Crippen molar-refractivity contribution in [2.75, 3.05) is 6.61 Å². The Balaban J connectivity index is 2.36. The Hall–Kier alpha value is -2.12. The molecule has 142 valence electrons. The van der Waals surface area contributed by atoms with Gasteiger partial charge < -0.3 is 14.7 Å². The quantitative estimate of drug-likeness (QED) is 0.387. The molecule has 2 aromatic rings. The van der Waals surface area contributed by atoms with Crippen LogP contribution in [0.25, 0.3) is 6.08 Å². The highest BCUT2D eigenvalue weighted by molar-refractivity contribution is 9.28. The number of aryl methyl sites for hydroxylation is 1. The first kappa shape index (κ1) is 21.2. The van der Waals surface area contributed by atoms with E-state index in [2.05, 4.69) is 37.0 Å². The third kappa shape index (κ3) is 5.94. The molecule has 0 bridgehead atoms. The third-order valence-electron chi connectivity index (χ3n) is 3.64. The van der Waals surface area contributed by atoms with Crippen LogP contribution in [-0.4, -0.2) is 23.4 Å². The van der Waals surface area contributed by atoms with Crippen LogP contribution < -0.4 is 4.74 Å². The molecule has 0 aliphatic heterocycles. The Kier molecular flexibility index (Phi) is 8.06. The van der Waals surface area contributed by atoms with Crippen LogP contribution in [0.2, 0.25) is 0 Å². The van der Waals surface area contributed by atoms with E-state index in [9.17, 15) is 9.90 Å². The lowest BCUT2D eigenvalue weighted by molar-refractivity contribution is -0.129. The van der Waals surface area contributed by atoms with Crippen molar-refractivity contribution in [3.63, 3.8) is 0 Å². The Morgan fingerprint density at radius 2 is 1.93 bits per heavy atom. The van der Waals surface area contributed by atoms with Crippen molar-refractivity contribution in [1.29, 1.82) is 0 Å². The monoisotopic (exact) mass is 495 g/mol. The minimum atomic E-state index is -1.15. The van der Waals surface area contributed by atoms with Gasteiger partial charge >= 0.3 is 5.97 Å². The number of oxime groups is 1. The number of hydrogen-bond acceptors (Lipinski definition) is 4. The lowest BCUT2D eigenvalue weighted by atomic mass is 10.0. The number of rotatable bonds is 8. The van der Waals surface area contributed by atoms with E-state index < -0.39 is 5.97 Å². The van der Waals surface area contributed by atoms with E-state index in [0.29, 0.717) is 11.1 Å². The topological polar surface area (TPSA) is 68.1 Å². The average Bonchev–Trinajstić information content (AvgIpc) is 2.62. The summed E-state index contributed by atoms with van der Waals surface area (Å²) in [5.74, 6) is -0.430. The number of para-hydroxylation sites is 1. The van der Waals surface area contributed by atoms with Gasteiger partial charge in [0.15, 0.2) is 5.71 Å². The molecule has 0 saturated carbocycles. The zero-order valence-corrected chi connectivity index (χ0v) is 18.1. The summed E-state index contributed by atoms with van der Waals surface area (Å²) in [7, 11) is 0. The summed E-state index contributed by atoms with van der Waals surface area (Å²) in [5, 5.41) is 13.2. The summed E-state index contributed by atoms with van der Waals surface area (Å²) in [6.07, 6.45) is 1.90. The first-order chi connectivity index (χ1) is 12.9. The second-order valence-electron chi connectivity index (χ2n) is 5.54. The number of carboxylic acid groups (broad SMARTS) is 1. The summed E-state index contributed by atoms with van der Waals surface area (Å²) in [5.41, 5.74) is 2.89. The van der Waals surface area contributed by atoms with Crippen molar-refractivity contribution in [3.8, 4) is 5.75 Å². The number of halogens is 2. The molecule has 27 heavy (non-hydrogen) atoms. The van der Waals surface area contributed by atoms with Crippen molar-refractivity contribution in [2.24, 2.45) is 5.16 Å². The maximum absolute atomic E-state index is 11.6. The summed E-state index contributed by atoms with van der Waals surface area (Å²) in [4.78, 5) is 16.6. The minimum absolute atomic E-state index is 0.149. The molecule has 2 aromatic carbocycles. The number of benzene rings is 2. The molecule has 0 radical (unpaired) electrons. The van der Waals surface area contributed by atoms with Crippen LogP contribution in [0.15, 0.2) is 51.0 Å². The van der Waals surface area contributed by atoms with E-state index in [4.69, 9.17) is 9.57 Å². The molecular weight excluding hydrogens is 478 g/mol. The summed E-state index contributed by atoms with van der Waals surface area (Å²) in [6.45, 7) is 4.18. The molecule has 0 fully saturated rings. The number of ether oxygens (including phenoxy) is 1. The zero-order valence-electron chi connectivity index (χ0n) is 14.9. The molecule has 0 heterocycles. The molecule has 0 aliphatic rings. The Labute approximate surface area is 174 Å². The van der Waals surface area contributed by atoms with Gasteiger partial charge in [0.1, 0.15) is 19.0 Å². The van der Waals surface area contributed by atoms with E-state index in [1.807, 2.05) is 43.3 Å². The predicted molar refractivity (Wildman–Crippen MR) is 114 cm³/mol. The van der Waals surface area contributed by atoms with Crippen LogP contribution >= 0.6 is 31.9 Å². The van der Waals surface area contributed by atoms with Crippen molar-refractivity contribution >= 4 is 49.6 Å². The van der Waals surface area contributed by atoms with Gasteiger partial charge in [0.2, 0.25) is 0 Å². The molecule has 2 rings (SSSR count). The van der Waals surface area contributed by atoms with Crippen LogP contribution in [0, 0.1) is 6.92 Å². The van der Waals surface area contributed by atoms with Crippen LogP contribution in [-0.2, 0) is 16.2 Å². The highest BCUT2D eigenvalue weighted by atomic mass is 79.9. The largest absolute Gasteiger partial charge is 0.488 e. The Morgan fingerprint density at radius 1 is 1.19 bits per heavy atom. The molecule has 0 atom stereocenters. The van der Waals surface area contributed by atoms with Gasteiger partial charge in [0.05, 0.1) is 3.39 Å². The molecule has 0 unspecified atom stereocenters. The first-order valence-electron chi connectivity index (χ1n) is 8.20. The molecule has 0 spiro atoms. The SMILES string of the molecule is CCO/N=C(/C(=O)O)c1ccccc1COc1c(C)cccc1C=C(Br)Br. The van der Waals surface area contributed by atoms with E-state index in [1.165, 1.54) is 0 Å². The molecule has 0 saturated heterocycles. The van der Waals surface area contributed by atoms with Gasteiger partial charge in [-0.15, -0.1) is 0 Å². The van der Waals surface area contributed by atoms with Crippen LogP contribution in [0.1, 0.15) is 29.2 Å². The second kappa shape index (κ2) is 10.3. The average molecular weight is 497 g/mol. The normalized spacial score (nSPS) is 11.0. The van der Waals surface area contributed by atoms with Gasteiger partial charge in [-0.2, -0.15) is 0 Å². The highest BCUT2D eigenvalue weighted by Crippen LogP contribution is 2.29. The molecule has 0 aliphatic carbocycles. The fourth-order valence-corrected chi connectivity index (χ4v) is 2.96. The van der Waals surface area contributed by atoms with Gasteiger partial charge in [0.25, 0.3) is 0 Å². The maximum atomic E-state index is 11.6. The molecular formula is C20H19Br2NO4. The zero-order chi connectivity index (χ0) is 19.8. The number of nitrogens with zero attached hydrogens (tertiary/aromatic N) is 1. The van der Waals surface area contributed by atoms with Gasteiger partial charge in [0, 0.05) is 11.1 Å². The van der Waals surface area contributed by atoms with Gasteiger partial charge in [-0.1, -0.05) is 47.6 Å². The van der Waals surface area contributed by atoms with E-state index in [1.54, 1.807) is 19.1 Å². The van der Waals surface area contributed by atoms with Crippen LogP contribution in [0.5, 0.6) is 5.75 Å². The van der Waals surface area contributed by atoms with Gasteiger partial charge in [-0.3, -0.25) is 0 Å². The summed E-state index contributed by atoms with van der Waals surface area (Å²) >= 11 is 6.73. The third-order valence-corrected chi connectivity index (χ3v) is 4.10. The van der Waals surface area contributed by atoms with E-state index >= 15 is 0 Å². The van der Waals surface area contributed by atoms with E-state index in [0.717, 1.165) is 20.3 Å². The number of carbonyl (C=O) groups is 1. The smallest absolute Gasteiger partial charge is 0.358 e. The van der Waals surface area contributed by atoms with Crippen molar-refractivity contribution in [2.45, 2.75) is 20.5 Å². The Morgan fingerprint density at radius 3 is 2.59 bits per heavy atom. The van der Waals surface area contributed by atoms with Crippen LogP contribution in [0.3, 0.4) is 0 Å². The van der Waals surface area contributed by atoms with Crippen LogP contribution in [0.4, 0.5) is 0 Å². The predicted octanol–water partition coefficient (Wildman–Crippen LogP) is 5.49. The number of aliphatic carboxylic acids is 1. The minimum Gasteiger partial charge on any atom is -0.488 e. The standard InChI is InChI=1S/C20H19Br2NO4/c1-3-27-23-18(20(24)25)16-10-5-4-8-15(16)12-26-19-13(2)7-6-9-14(19)11-17(21)22/h4-11H,3,12H2,1-2H3,(H,24,25)/b23-18+. The van der Waals surface area contributed by atoms with Crippen molar-refractivity contribution < 1.29 is 19.5 Å². The fraction of sp³-hybridized carbons (Fsp3) is 0.200. The number of carboxylic acids is 1. The Bertz CT molecular complexity index is 874. The van der Waals surface area contributed by atoms with Gasteiger partial charge in [-0.25, -0.2) is 4.79 Å². The van der Waals surface area contributed by atoms with Crippen molar-refractivity contribution in [3.05, 3.63) is 68.1 Å². The van der Waals surface area contributed by atoms with Gasteiger partial charge in [-0.05, 0) is 62.9 Å². The maximum Gasteiger partial charge on any atom is 0.358 e. The molecule has 1 N–H and O–H groups in total. The molecule has 7 heteroatoms. The summed E-state index contributed by atoms with van der Waals surface area (Å²) < 4.78 is 6.85. The fourth-order valence-electron chi connectivity index (χ4n) is 2.46. The second-order valence-corrected chi connectivity index (χ2v) is 8.31. The lowest BCUT2D eigenvalue weighted by Crippen LogP contribution is -2.18. The van der Waals surface area contributed by atoms with E-state index in [-0.39, 0.29) is 18.9 Å². The molecule has 5 nitrogen and oxygen atoms in total. The highest BCUT2D eigenvalue weighted by Gasteiger charge is 2.18. The number of hydrogen-bond donors (Lipinski definition) is 1. The molecule has 0 aromatic heterocycles. The van der Waals surface area contributed by atoms with Crippen molar-refractivity contribution in [1.82, 2.24) is 0 Å².